The van der Waals surface area contributed by atoms with E-state index >= 15 is 0 Å². The van der Waals surface area contributed by atoms with Crippen LogP contribution in [-0.2, 0) is 0 Å². The van der Waals surface area contributed by atoms with E-state index in [-0.39, 0.29) is 0 Å². The molecule has 0 saturated heterocycles. The zero-order chi connectivity index (χ0) is 33.9. The fourth-order valence-corrected chi connectivity index (χ4v) is 8.75. The van der Waals surface area contributed by atoms with Gasteiger partial charge in [-0.05, 0) is 69.1 Å². The monoisotopic (exact) mass is 660 g/mol. The number of para-hydroxylation sites is 2. The van der Waals surface area contributed by atoms with Crippen molar-refractivity contribution in [1.29, 1.82) is 0 Å². The Morgan fingerprint density at radius 2 is 1.02 bits per heavy atom. The minimum absolute atomic E-state index is 0.664. The lowest BCUT2D eigenvalue weighted by molar-refractivity contribution is 1.02. The van der Waals surface area contributed by atoms with Gasteiger partial charge in [-0.3, -0.25) is 4.57 Å². The number of hydrogen-bond acceptors (Lipinski definition) is 2. The highest BCUT2D eigenvalue weighted by molar-refractivity contribution is 6.34. The molecule has 4 heterocycles. The topological polar surface area (TPSA) is 35.1 Å². The number of nitrogens with zero attached hydrogens (tertiary/aromatic N) is 4. The van der Waals surface area contributed by atoms with Gasteiger partial charge in [-0.25, -0.2) is 9.97 Å². The molecule has 4 heteroatoms. The van der Waals surface area contributed by atoms with Gasteiger partial charge < -0.3 is 4.40 Å². The Morgan fingerprint density at radius 1 is 0.365 bits per heavy atom. The van der Waals surface area contributed by atoms with Gasteiger partial charge in [-0.2, -0.15) is 0 Å². The van der Waals surface area contributed by atoms with Crippen LogP contribution < -0.4 is 0 Å². The second kappa shape index (κ2) is 10.3. The van der Waals surface area contributed by atoms with E-state index in [0.717, 1.165) is 38.8 Å². The quantitative estimate of drug-likeness (QED) is 0.189. The van der Waals surface area contributed by atoms with Crippen molar-refractivity contribution in [2.45, 2.75) is 0 Å². The van der Waals surface area contributed by atoms with E-state index in [1.807, 2.05) is 0 Å². The Morgan fingerprint density at radius 3 is 1.88 bits per heavy atom. The van der Waals surface area contributed by atoms with Crippen LogP contribution in [0.25, 0.3) is 110 Å². The van der Waals surface area contributed by atoms with Crippen molar-refractivity contribution in [3.05, 3.63) is 170 Å². The van der Waals surface area contributed by atoms with Gasteiger partial charge in [0.2, 0.25) is 5.95 Å². The molecule has 0 amide bonds. The SMILES string of the molecule is c1ccc(-c2cccc(-c3nc(-n4c5cc6ccccc6cc5c5c4c4cc6ccccc6c6c7ccccc7n5c46)nc4ccccc34)c2)cc1. The third-order valence-corrected chi connectivity index (χ3v) is 11.0. The largest absolute Gasteiger partial charge is 0.306 e. The first-order chi connectivity index (χ1) is 25.8. The summed E-state index contributed by atoms with van der Waals surface area (Å²) in [4.78, 5) is 10.9. The number of benzene rings is 8. The second-order valence-electron chi connectivity index (χ2n) is 13.8. The van der Waals surface area contributed by atoms with Crippen molar-refractivity contribution in [3.63, 3.8) is 0 Å². The van der Waals surface area contributed by atoms with Crippen LogP contribution in [-0.4, -0.2) is 18.9 Å². The molecule has 0 N–H and O–H groups in total. The van der Waals surface area contributed by atoms with Crippen molar-refractivity contribution in [3.8, 4) is 28.3 Å². The molecule has 0 bridgehead atoms. The van der Waals surface area contributed by atoms with Crippen LogP contribution in [0.2, 0.25) is 0 Å². The molecular formula is C48H28N4. The Kier molecular flexibility index (Phi) is 5.47. The minimum Gasteiger partial charge on any atom is -0.306 e. The van der Waals surface area contributed by atoms with E-state index in [1.54, 1.807) is 0 Å². The summed E-state index contributed by atoms with van der Waals surface area (Å²) < 4.78 is 4.83. The summed E-state index contributed by atoms with van der Waals surface area (Å²) in [6.07, 6.45) is 0. The molecular weight excluding hydrogens is 633 g/mol. The Labute approximate surface area is 297 Å². The summed E-state index contributed by atoms with van der Waals surface area (Å²) in [6, 6.07) is 61.0. The molecule has 4 nitrogen and oxygen atoms in total. The standard InChI is InChI=1S/C48H28N4/c1-2-13-29(14-3-1)30-18-12-19-34(25-30)44-36-21-8-10-23-40(36)49-48(50-44)52-42-28-32-16-5-4-15-31(32)26-38(42)46-47(52)39-27-33-17-6-7-20-35(33)43-37-22-9-11-24-41(37)51(46)45(39)43/h1-28H. The van der Waals surface area contributed by atoms with Crippen molar-refractivity contribution < 1.29 is 0 Å². The van der Waals surface area contributed by atoms with Crippen LogP contribution in [0.3, 0.4) is 0 Å². The van der Waals surface area contributed by atoms with Crippen molar-refractivity contribution in [1.82, 2.24) is 18.9 Å². The predicted molar refractivity (Wildman–Crippen MR) is 217 cm³/mol. The zero-order valence-corrected chi connectivity index (χ0v) is 28.0. The molecule has 0 aliphatic rings. The molecule has 0 atom stereocenters. The fraction of sp³-hybridized carbons (Fsp3) is 0. The van der Waals surface area contributed by atoms with E-state index in [2.05, 4.69) is 179 Å². The summed E-state index contributed by atoms with van der Waals surface area (Å²) in [5.74, 6) is 0.664. The van der Waals surface area contributed by atoms with E-state index in [9.17, 15) is 0 Å². The van der Waals surface area contributed by atoms with Crippen LogP contribution >= 0.6 is 0 Å². The van der Waals surface area contributed by atoms with Gasteiger partial charge in [0.15, 0.2) is 0 Å². The van der Waals surface area contributed by atoms with Gasteiger partial charge in [-0.1, -0.05) is 133 Å². The number of fused-ring (bicyclic) bond motifs is 12. The summed E-state index contributed by atoms with van der Waals surface area (Å²) in [7, 11) is 0. The molecule has 52 heavy (non-hydrogen) atoms. The number of hydrogen-bond donors (Lipinski definition) is 0. The average molecular weight is 661 g/mol. The number of rotatable bonds is 3. The van der Waals surface area contributed by atoms with Crippen LogP contribution in [0.1, 0.15) is 0 Å². The molecule has 12 rings (SSSR count). The van der Waals surface area contributed by atoms with Gasteiger partial charge in [-0.15, -0.1) is 0 Å². The molecule has 12 aromatic rings. The van der Waals surface area contributed by atoms with Crippen LogP contribution in [0.15, 0.2) is 170 Å². The maximum Gasteiger partial charge on any atom is 0.235 e. The molecule has 0 aliphatic heterocycles. The third kappa shape index (κ3) is 3.70. The summed E-state index contributed by atoms with van der Waals surface area (Å²) in [5, 5.41) is 10.9. The van der Waals surface area contributed by atoms with Crippen molar-refractivity contribution >= 4 is 81.6 Å². The zero-order valence-electron chi connectivity index (χ0n) is 28.0. The minimum atomic E-state index is 0.664. The van der Waals surface area contributed by atoms with Crippen molar-refractivity contribution in [2.24, 2.45) is 0 Å². The van der Waals surface area contributed by atoms with Gasteiger partial charge >= 0.3 is 0 Å². The summed E-state index contributed by atoms with van der Waals surface area (Å²) in [6.45, 7) is 0. The molecule has 8 aromatic carbocycles. The molecule has 0 aliphatic carbocycles. The maximum absolute atomic E-state index is 5.53. The van der Waals surface area contributed by atoms with E-state index in [1.165, 1.54) is 65.2 Å². The average Bonchev–Trinajstić information content (AvgIpc) is 3.84. The Balaban J connectivity index is 1.27. The highest BCUT2D eigenvalue weighted by Gasteiger charge is 2.27. The molecule has 0 saturated carbocycles. The van der Waals surface area contributed by atoms with Gasteiger partial charge in [0.25, 0.3) is 0 Å². The summed E-state index contributed by atoms with van der Waals surface area (Å²) in [5.41, 5.74) is 11.1. The molecule has 0 fully saturated rings. The van der Waals surface area contributed by atoms with Gasteiger partial charge in [0.05, 0.1) is 38.8 Å². The summed E-state index contributed by atoms with van der Waals surface area (Å²) >= 11 is 0. The first kappa shape index (κ1) is 27.7. The van der Waals surface area contributed by atoms with Crippen LogP contribution in [0.4, 0.5) is 0 Å². The second-order valence-corrected chi connectivity index (χ2v) is 13.8. The Hall–Kier alpha value is -7.04. The highest BCUT2D eigenvalue weighted by Crippen LogP contribution is 2.47. The smallest absolute Gasteiger partial charge is 0.235 e. The Bertz CT molecular complexity index is 3410. The van der Waals surface area contributed by atoms with E-state index in [4.69, 9.17) is 9.97 Å². The molecule has 240 valence electrons. The lowest BCUT2D eigenvalue weighted by atomic mass is 10.00. The van der Waals surface area contributed by atoms with Crippen molar-refractivity contribution in [2.75, 3.05) is 0 Å². The lowest BCUT2D eigenvalue weighted by Gasteiger charge is -2.13. The number of aromatic nitrogens is 4. The lowest BCUT2D eigenvalue weighted by Crippen LogP contribution is -2.03. The van der Waals surface area contributed by atoms with E-state index < -0.39 is 0 Å². The molecule has 0 radical (unpaired) electrons. The van der Waals surface area contributed by atoms with Gasteiger partial charge in [0.1, 0.15) is 0 Å². The first-order valence-corrected chi connectivity index (χ1v) is 17.8. The maximum atomic E-state index is 5.53. The third-order valence-electron chi connectivity index (χ3n) is 11.0. The normalized spacial score (nSPS) is 12.2. The van der Waals surface area contributed by atoms with Gasteiger partial charge in [0, 0.05) is 32.5 Å². The molecule has 0 spiro atoms. The predicted octanol–water partition coefficient (Wildman–Crippen LogP) is 12.4. The molecule has 0 unspecified atom stereocenters. The first-order valence-electron chi connectivity index (χ1n) is 17.8. The van der Waals surface area contributed by atoms with Crippen LogP contribution in [0.5, 0.6) is 0 Å². The molecule has 4 aromatic heterocycles. The van der Waals surface area contributed by atoms with Crippen LogP contribution in [0, 0.1) is 0 Å². The fourth-order valence-electron chi connectivity index (χ4n) is 8.75. The van der Waals surface area contributed by atoms with E-state index in [0.29, 0.717) is 5.95 Å². The highest BCUT2D eigenvalue weighted by atomic mass is 15.2.